The molecule has 1 N–H and O–H groups in total. The lowest BCUT2D eigenvalue weighted by atomic mass is 9.82. The van der Waals surface area contributed by atoms with Crippen LogP contribution in [0.3, 0.4) is 0 Å². The van der Waals surface area contributed by atoms with Crippen LogP contribution >= 0.6 is 11.6 Å². The van der Waals surface area contributed by atoms with Crippen molar-refractivity contribution in [3.63, 3.8) is 0 Å². The highest BCUT2D eigenvalue weighted by atomic mass is 35.5. The Kier molecular flexibility index (Phi) is 13.2. The number of hydrogen-bond donors (Lipinski definition) is 1. The van der Waals surface area contributed by atoms with Crippen LogP contribution in [0.15, 0.2) is 73.2 Å². The number of benzene rings is 1. The predicted octanol–water partition coefficient (Wildman–Crippen LogP) is 8.29. The van der Waals surface area contributed by atoms with E-state index in [0.717, 1.165) is 17.0 Å². The molecule has 1 heterocycles. The summed E-state index contributed by atoms with van der Waals surface area (Å²) in [6, 6.07) is 10.5. The molecule has 1 aliphatic carbocycles. The zero-order valence-corrected chi connectivity index (χ0v) is 22.4. The maximum absolute atomic E-state index is 10.6. The molecule has 1 unspecified atom stereocenters. The fourth-order valence-electron chi connectivity index (χ4n) is 4.66. The highest BCUT2D eigenvalue weighted by Crippen LogP contribution is 2.36. The van der Waals surface area contributed by atoms with Crippen LogP contribution in [0.2, 0.25) is 5.02 Å². The van der Waals surface area contributed by atoms with Crippen LogP contribution in [0.25, 0.3) is 5.57 Å². The van der Waals surface area contributed by atoms with Crippen molar-refractivity contribution in [2.45, 2.75) is 84.6 Å². The van der Waals surface area contributed by atoms with Crippen LogP contribution in [-0.4, -0.2) is 16.8 Å². The zero-order chi connectivity index (χ0) is 25.5. The first-order valence-electron chi connectivity index (χ1n) is 12.9. The highest BCUT2D eigenvalue weighted by molar-refractivity contribution is 6.30. The third-order valence-electron chi connectivity index (χ3n) is 6.11. The van der Waals surface area contributed by atoms with Gasteiger partial charge in [-0.05, 0) is 97.8 Å². The quantitative estimate of drug-likeness (QED) is 0.358. The van der Waals surface area contributed by atoms with Crippen molar-refractivity contribution in [2.75, 3.05) is 0 Å². The van der Waals surface area contributed by atoms with Crippen LogP contribution in [0.4, 0.5) is 0 Å². The number of rotatable bonds is 9. The van der Waals surface area contributed by atoms with Crippen LogP contribution in [0.5, 0.6) is 0 Å². The van der Waals surface area contributed by atoms with Crippen LogP contribution in [-0.2, 0) is 17.6 Å². The van der Waals surface area contributed by atoms with Crippen molar-refractivity contribution in [3.8, 4) is 0 Å². The fourth-order valence-corrected chi connectivity index (χ4v) is 4.85. The maximum atomic E-state index is 10.6. The molecule has 188 valence electrons. The van der Waals surface area contributed by atoms with Gasteiger partial charge in [0.25, 0.3) is 0 Å². The van der Waals surface area contributed by atoms with E-state index >= 15 is 0 Å². The third-order valence-corrected chi connectivity index (χ3v) is 6.35. The Bertz CT molecular complexity index is 986. The van der Waals surface area contributed by atoms with Crippen molar-refractivity contribution in [1.82, 2.24) is 10.3 Å². The van der Waals surface area contributed by atoms with Gasteiger partial charge in [0.2, 0.25) is 0 Å². The Morgan fingerprint density at radius 3 is 2.49 bits per heavy atom. The molecular weight excluding hydrogens is 452 g/mol. The lowest BCUT2D eigenvalue weighted by Crippen LogP contribution is -2.28. The Balaban J connectivity index is 0.000000360. The fraction of sp³-hybridized carbons (Fsp3) is 0.419. The van der Waals surface area contributed by atoms with Gasteiger partial charge >= 0.3 is 0 Å². The molecule has 0 saturated heterocycles. The lowest BCUT2D eigenvalue weighted by molar-refractivity contribution is -0.116. The van der Waals surface area contributed by atoms with Gasteiger partial charge < -0.3 is 5.32 Å². The summed E-state index contributed by atoms with van der Waals surface area (Å²) in [5.41, 5.74) is 6.98. The molecule has 1 aliphatic rings. The Labute approximate surface area is 217 Å². The van der Waals surface area contributed by atoms with Gasteiger partial charge in [-0.15, -0.1) is 0 Å². The first-order valence-corrected chi connectivity index (χ1v) is 13.3. The molecule has 0 spiro atoms. The average molecular weight is 493 g/mol. The molecular formula is C31H41ClN2O. The molecule has 35 heavy (non-hydrogen) atoms. The van der Waals surface area contributed by atoms with Crippen molar-refractivity contribution in [3.05, 3.63) is 94.9 Å². The van der Waals surface area contributed by atoms with E-state index in [4.69, 9.17) is 11.6 Å². The standard InChI is InChI=1S/C23H32ClN.C8H9NO/c1-4-7-16-25-22-13-9-8-12-19-17-20(24)14-15-21(19)23(22)18(10-5-2)11-6-3;1-7(10)6-8-2-4-9-5-3-8/h4,7,14-17,22,25H,1,5-6,8-13H2,2-3H3;2-5H,6H2,1H3/b16-7-;. The third kappa shape index (κ3) is 9.85. The van der Waals surface area contributed by atoms with Gasteiger partial charge in [0.05, 0.1) is 6.04 Å². The number of aromatic nitrogens is 1. The Morgan fingerprint density at radius 1 is 1.14 bits per heavy atom. The predicted molar refractivity (Wildman–Crippen MR) is 151 cm³/mol. The first-order chi connectivity index (χ1) is 17.0. The highest BCUT2D eigenvalue weighted by Gasteiger charge is 2.23. The molecule has 4 heteroatoms. The minimum atomic E-state index is 0.186. The number of allylic oxidation sites excluding steroid dienone is 3. The van der Waals surface area contributed by atoms with Crippen LogP contribution in [0, 0.1) is 0 Å². The molecule has 0 amide bonds. The van der Waals surface area contributed by atoms with E-state index in [9.17, 15) is 4.79 Å². The summed E-state index contributed by atoms with van der Waals surface area (Å²) >= 11 is 6.31. The molecule has 3 rings (SSSR count). The summed E-state index contributed by atoms with van der Waals surface area (Å²) in [4.78, 5) is 14.4. The summed E-state index contributed by atoms with van der Waals surface area (Å²) in [6.07, 6.45) is 19.3. The molecule has 0 aliphatic heterocycles. The number of Topliss-reactive ketones (excluding diaryl/α,β-unsaturated/α-hetero) is 1. The van der Waals surface area contributed by atoms with Gasteiger partial charge in [-0.25, -0.2) is 0 Å². The van der Waals surface area contributed by atoms with E-state index in [1.807, 2.05) is 36.6 Å². The van der Waals surface area contributed by atoms with Gasteiger partial charge in [0, 0.05) is 23.8 Å². The first kappa shape index (κ1) is 28.6. The number of pyridine rings is 1. The second-order valence-corrected chi connectivity index (χ2v) is 9.55. The molecule has 1 aromatic heterocycles. The smallest absolute Gasteiger partial charge is 0.134 e. The van der Waals surface area contributed by atoms with Gasteiger partial charge in [-0.3, -0.25) is 9.78 Å². The van der Waals surface area contributed by atoms with E-state index < -0.39 is 0 Å². The molecule has 1 aromatic carbocycles. The van der Waals surface area contributed by atoms with E-state index in [2.05, 4.69) is 42.9 Å². The molecule has 2 aromatic rings. The van der Waals surface area contributed by atoms with Gasteiger partial charge in [-0.1, -0.05) is 69.0 Å². The summed E-state index contributed by atoms with van der Waals surface area (Å²) in [6.45, 7) is 9.93. The lowest BCUT2D eigenvalue weighted by Gasteiger charge is -2.29. The van der Waals surface area contributed by atoms with Crippen molar-refractivity contribution >= 4 is 23.0 Å². The zero-order valence-electron chi connectivity index (χ0n) is 21.7. The summed E-state index contributed by atoms with van der Waals surface area (Å²) in [5.74, 6) is 0.186. The normalized spacial score (nSPS) is 15.3. The van der Waals surface area contributed by atoms with E-state index in [1.165, 1.54) is 61.6 Å². The number of ketones is 1. The average Bonchev–Trinajstić information content (AvgIpc) is 2.82. The monoisotopic (exact) mass is 492 g/mol. The van der Waals surface area contributed by atoms with Crippen LogP contribution < -0.4 is 5.32 Å². The minimum absolute atomic E-state index is 0.186. The van der Waals surface area contributed by atoms with Crippen molar-refractivity contribution < 1.29 is 4.79 Å². The number of carbonyl (C=O) groups is 1. The second-order valence-electron chi connectivity index (χ2n) is 9.11. The number of nitrogens with zero attached hydrogens (tertiary/aromatic N) is 1. The molecule has 1 atom stereocenters. The largest absolute Gasteiger partial charge is 0.384 e. The minimum Gasteiger partial charge on any atom is -0.384 e. The van der Waals surface area contributed by atoms with Crippen molar-refractivity contribution in [2.24, 2.45) is 0 Å². The molecule has 0 saturated carbocycles. The summed E-state index contributed by atoms with van der Waals surface area (Å²) < 4.78 is 0. The number of fused-ring (bicyclic) bond motifs is 1. The number of halogens is 1. The van der Waals surface area contributed by atoms with Gasteiger partial charge in [0.1, 0.15) is 5.78 Å². The van der Waals surface area contributed by atoms with E-state index in [1.54, 1.807) is 24.9 Å². The number of hydrogen-bond acceptors (Lipinski definition) is 3. The molecule has 0 bridgehead atoms. The maximum Gasteiger partial charge on any atom is 0.134 e. The summed E-state index contributed by atoms with van der Waals surface area (Å²) in [7, 11) is 0. The van der Waals surface area contributed by atoms with Gasteiger partial charge in [-0.2, -0.15) is 0 Å². The topological polar surface area (TPSA) is 42.0 Å². The number of aryl methyl sites for hydroxylation is 1. The molecule has 0 radical (unpaired) electrons. The Hall–Kier alpha value is -2.65. The van der Waals surface area contributed by atoms with Crippen molar-refractivity contribution in [1.29, 1.82) is 0 Å². The summed E-state index contributed by atoms with van der Waals surface area (Å²) in [5, 5.41) is 4.50. The molecule has 3 nitrogen and oxygen atoms in total. The van der Waals surface area contributed by atoms with E-state index in [-0.39, 0.29) is 5.78 Å². The SMILES string of the molecule is C=C/C=C\NC1CCCCc2cc(Cl)ccc2C1=C(CCC)CCC.CC(=O)Cc1ccncc1. The number of carbonyl (C=O) groups excluding carboxylic acids is 1. The van der Waals surface area contributed by atoms with Gasteiger partial charge in [0.15, 0.2) is 0 Å². The molecule has 0 fully saturated rings. The number of nitrogens with one attached hydrogen (secondary N) is 1. The second kappa shape index (κ2) is 16.1. The van der Waals surface area contributed by atoms with E-state index in [0.29, 0.717) is 12.5 Å². The van der Waals surface area contributed by atoms with Crippen LogP contribution in [0.1, 0.15) is 82.4 Å². The Morgan fingerprint density at radius 2 is 1.86 bits per heavy atom.